The molecule has 12 aromatic rings. The number of rotatable bonds is 2. The monoisotopic (exact) mass is 664 g/mol. The molecule has 3 aromatic heterocycles. The Morgan fingerprint density at radius 2 is 0.765 bits per heavy atom. The quantitative estimate of drug-likeness (QED) is 0.163. The molecule has 0 aliphatic rings. The van der Waals surface area contributed by atoms with Crippen molar-refractivity contribution in [1.29, 1.82) is 0 Å². The van der Waals surface area contributed by atoms with Crippen LogP contribution >= 0.6 is 11.3 Å². The van der Waals surface area contributed by atoms with E-state index in [0.717, 1.165) is 11.4 Å². The number of thiophene rings is 1. The molecule has 3 heterocycles. The predicted molar refractivity (Wildman–Crippen MR) is 221 cm³/mol. The number of fused-ring (bicyclic) bond motifs is 18. The number of aromatic nitrogens is 2. The summed E-state index contributed by atoms with van der Waals surface area (Å²) in [6.07, 6.45) is 0. The summed E-state index contributed by atoms with van der Waals surface area (Å²) in [5.41, 5.74) is 7.24. The lowest BCUT2D eigenvalue weighted by atomic mass is 9.89. The van der Waals surface area contributed by atoms with Crippen LogP contribution < -0.4 is 0 Å². The van der Waals surface area contributed by atoms with Crippen LogP contribution in [0.2, 0.25) is 0 Å². The van der Waals surface area contributed by atoms with Gasteiger partial charge in [-0.25, -0.2) is 0 Å². The van der Waals surface area contributed by atoms with Gasteiger partial charge >= 0.3 is 0 Å². The fraction of sp³-hybridized carbons (Fsp3) is 0. The number of hydrogen-bond acceptors (Lipinski definition) is 1. The van der Waals surface area contributed by atoms with Gasteiger partial charge in [-0.05, 0) is 64.0 Å². The molecule has 0 saturated heterocycles. The Labute approximate surface area is 296 Å². The average Bonchev–Trinajstić information content (AvgIpc) is 3.86. The molecule has 12 rings (SSSR count). The molecule has 0 unspecified atom stereocenters. The van der Waals surface area contributed by atoms with Crippen molar-refractivity contribution in [3.8, 4) is 11.4 Å². The highest BCUT2D eigenvalue weighted by atomic mass is 32.1. The Hall–Kier alpha value is -6.42. The van der Waals surface area contributed by atoms with Crippen molar-refractivity contribution in [3.05, 3.63) is 170 Å². The Morgan fingerprint density at radius 1 is 0.314 bits per heavy atom. The Bertz CT molecular complexity index is 3380. The first-order valence-corrected chi connectivity index (χ1v) is 18.4. The molecule has 0 spiro atoms. The molecule has 0 amide bonds. The number of nitrogens with zero attached hydrogens (tertiary/aromatic N) is 2. The van der Waals surface area contributed by atoms with Gasteiger partial charge in [-0.3, -0.25) is 0 Å². The van der Waals surface area contributed by atoms with E-state index in [1.54, 1.807) is 0 Å². The summed E-state index contributed by atoms with van der Waals surface area (Å²) < 4.78 is 7.61. The van der Waals surface area contributed by atoms with Gasteiger partial charge in [-0.1, -0.05) is 127 Å². The van der Waals surface area contributed by atoms with Crippen LogP contribution in [0, 0.1) is 0 Å². The van der Waals surface area contributed by atoms with E-state index in [1.165, 1.54) is 96.1 Å². The van der Waals surface area contributed by atoms with Crippen LogP contribution in [0.15, 0.2) is 170 Å². The lowest BCUT2D eigenvalue weighted by Gasteiger charge is -2.15. The normalized spacial score (nSPS) is 12.3. The second-order valence-electron chi connectivity index (χ2n) is 13.6. The SMILES string of the molecule is c1cc(-n2c3ccccc3c3ccccc32)cc(-n2c3ccccc3c3c4c5ccccc5c5ccccc5c4c4c5ccccc5sc4c32)c1. The number of para-hydroxylation sites is 3. The maximum Gasteiger partial charge on any atom is 0.0726 e. The molecule has 0 bridgehead atoms. The third kappa shape index (κ3) is 3.56. The zero-order valence-corrected chi connectivity index (χ0v) is 28.3. The van der Waals surface area contributed by atoms with Crippen LogP contribution in [-0.4, -0.2) is 9.13 Å². The smallest absolute Gasteiger partial charge is 0.0726 e. The van der Waals surface area contributed by atoms with E-state index >= 15 is 0 Å². The highest BCUT2D eigenvalue weighted by Gasteiger charge is 2.25. The molecule has 0 radical (unpaired) electrons. The molecule has 9 aromatic carbocycles. The average molecular weight is 665 g/mol. The molecule has 0 N–H and O–H groups in total. The molecule has 2 nitrogen and oxygen atoms in total. The maximum atomic E-state index is 2.54. The lowest BCUT2D eigenvalue weighted by Crippen LogP contribution is -1.98. The molecule has 0 atom stereocenters. The number of benzene rings is 9. The fourth-order valence-electron chi connectivity index (χ4n) is 9.07. The first-order chi connectivity index (χ1) is 25.3. The van der Waals surface area contributed by atoms with Gasteiger partial charge in [-0.15, -0.1) is 11.3 Å². The van der Waals surface area contributed by atoms with Crippen LogP contribution in [0.5, 0.6) is 0 Å². The molecular weight excluding hydrogens is 637 g/mol. The second-order valence-corrected chi connectivity index (χ2v) is 14.7. The fourth-order valence-corrected chi connectivity index (χ4v) is 10.3. The van der Waals surface area contributed by atoms with Gasteiger partial charge in [-0.2, -0.15) is 0 Å². The largest absolute Gasteiger partial charge is 0.309 e. The first-order valence-electron chi connectivity index (χ1n) is 17.5. The summed E-state index contributed by atoms with van der Waals surface area (Å²) in [5, 5.41) is 15.7. The molecule has 0 saturated carbocycles. The van der Waals surface area contributed by atoms with E-state index in [1.807, 2.05) is 11.3 Å². The van der Waals surface area contributed by atoms with Crippen molar-refractivity contribution in [2.75, 3.05) is 0 Å². The van der Waals surface area contributed by atoms with Gasteiger partial charge in [0.25, 0.3) is 0 Å². The van der Waals surface area contributed by atoms with Crippen molar-refractivity contribution >= 4 is 107 Å². The molecule has 236 valence electrons. The topological polar surface area (TPSA) is 9.86 Å². The lowest BCUT2D eigenvalue weighted by molar-refractivity contribution is 1.14. The first kappa shape index (κ1) is 27.4. The highest BCUT2D eigenvalue weighted by Crippen LogP contribution is 2.51. The molecule has 0 aliphatic heterocycles. The third-order valence-electron chi connectivity index (χ3n) is 11.0. The molecule has 3 heteroatoms. The molecule has 51 heavy (non-hydrogen) atoms. The Kier molecular flexibility index (Phi) is 5.41. The zero-order valence-electron chi connectivity index (χ0n) is 27.5. The summed E-state index contributed by atoms with van der Waals surface area (Å²) >= 11 is 1.92. The minimum absolute atomic E-state index is 1.15. The van der Waals surface area contributed by atoms with Crippen molar-refractivity contribution in [1.82, 2.24) is 9.13 Å². The van der Waals surface area contributed by atoms with Crippen LogP contribution in [0.4, 0.5) is 0 Å². The van der Waals surface area contributed by atoms with E-state index in [9.17, 15) is 0 Å². The molecular formula is C48H28N2S. The zero-order chi connectivity index (χ0) is 33.2. The van der Waals surface area contributed by atoms with E-state index in [4.69, 9.17) is 0 Å². The Morgan fingerprint density at radius 3 is 1.39 bits per heavy atom. The molecule has 0 aliphatic carbocycles. The minimum atomic E-state index is 1.15. The van der Waals surface area contributed by atoms with Crippen LogP contribution in [0.25, 0.3) is 107 Å². The third-order valence-corrected chi connectivity index (χ3v) is 12.2. The van der Waals surface area contributed by atoms with Crippen molar-refractivity contribution in [3.63, 3.8) is 0 Å². The summed E-state index contributed by atoms with van der Waals surface area (Å²) in [6, 6.07) is 62.7. The van der Waals surface area contributed by atoms with Crippen molar-refractivity contribution in [2.45, 2.75) is 0 Å². The second kappa shape index (κ2) is 10.1. The summed E-state index contributed by atoms with van der Waals surface area (Å²) in [4.78, 5) is 0. The molecule has 0 fully saturated rings. The van der Waals surface area contributed by atoms with Crippen LogP contribution in [0.1, 0.15) is 0 Å². The number of hydrogen-bond donors (Lipinski definition) is 0. The van der Waals surface area contributed by atoms with E-state index in [2.05, 4.69) is 179 Å². The van der Waals surface area contributed by atoms with Crippen LogP contribution in [0.3, 0.4) is 0 Å². The summed E-state index contributed by atoms with van der Waals surface area (Å²) in [5.74, 6) is 0. The van der Waals surface area contributed by atoms with Gasteiger partial charge in [0.2, 0.25) is 0 Å². The summed E-state index contributed by atoms with van der Waals surface area (Å²) in [7, 11) is 0. The summed E-state index contributed by atoms with van der Waals surface area (Å²) in [6.45, 7) is 0. The highest BCUT2D eigenvalue weighted by molar-refractivity contribution is 7.27. The van der Waals surface area contributed by atoms with E-state index in [-0.39, 0.29) is 0 Å². The van der Waals surface area contributed by atoms with Gasteiger partial charge in [0.15, 0.2) is 0 Å². The van der Waals surface area contributed by atoms with Crippen molar-refractivity contribution in [2.24, 2.45) is 0 Å². The van der Waals surface area contributed by atoms with Crippen molar-refractivity contribution < 1.29 is 0 Å². The standard InChI is InChI=1S/C48H28N2S/c1-3-20-35-31(16-1)32-17-2-4-21-36(32)44-43(35)45-37-22-7-11-26-41(37)50(47(45)48-46(44)38-23-8-12-27-42(38)51-48)30-15-13-14-29(28-30)49-39-24-9-5-18-33(39)34-19-6-10-25-40(34)49/h1-28H. The Balaban J connectivity index is 1.31. The minimum Gasteiger partial charge on any atom is -0.309 e. The van der Waals surface area contributed by atoms with Gasteiger partial charge < -0.3 is 9.13 Å². The van der Waals surface area contributed by atoms with Gasteiger partial charge in [0, 0.05) is 59.2 Å². The van der Waals surface area contributed by atoms with Crippen LogP contribution in [-0.2, 0) is 0 Å². The van der Waals surface area contributed by atoms with E-state index in [0.29, 0.717) is 0 Å². The maximum absolute atomic E-state index is 2.54. The van der Waals surface area contributed by atoms with Gasteiger partial charge in [0.1, 0.15) is 0 Å². The van der Waals surface area contributed by atoms with Gasteiger partial charge in [0.05, 0.1) is 26.8 Å². The predicted octanol–water partition coefficient (Wildman–Crippen LogP) is 13.7. The van der Waals surface area contributed by atoms with E-state index < -0.39 is 0 Å².